The molecule has 0 N–H and O–H groups in total. The van der Waals surface area contributed by atoms with Crippen molar-refractivity contribution in [3.05, 3.63) is 26.3 Å². The molecule has 0 radical (unpaired) electrons. The van der Waals surface area contributed by atoms with Crippen LogP contribution in [0.3, 0.4) is 0 Å². The van der Waals surface area contributed by atoms with Crippen LogP contribution in [0.2, 0.25) is 0 Å². The van der Waals surface area contributed by atoms with E-state index in [4.69, 9.17) is 0 Å². The molecule has 0 saturated carbocycles. The summed E-state index contributed by atoms with van der Waals surface area (Å²) in [6.07, 6.45) is 12.5. The predicted octanol–water partition coefficient (Wildman–Crippen LogP) is 9.47. The number of rotatable bonds is 8. The molecular formula is C22H52. The lowest BCUT2D eigenvalue weighted by molar-refractivity contribution is 0.480. The van der Waals surface area contributed by atoms with E-state index in [-0.39, 0.29) is 7.43 Å². The highest BCUT2D eigenvalue weighted by Crippen LogP contribution is 2.10. The first-order valence-electron chi connectivity index (χ1n) is 9.22. The van der Waals surface area contributed by atoms with Gasteiger partial charge in [-0.15, -0.1) is 26.3 Å². The fraction of sp³-hybridized carbons (Fsp3) is 0.818. The highest BCUT2D eigenvalue weighted by molar-refractivity contribution is 4.48. The van der Waals surface area contributed by atoms with Crippen molar-refractivity contribution in [1.82, 2.24) is 0 Å². The second kappa shape index (κ2) is 59.0. The minimum Gasteiger partial charge on any atom is -0.106 e. The van der Waals surface area contributed by atoms with Crippen molar-refractivity contribution in [2.45, 2.75) is 114 Å². The van der Waals surface area contributed by atoms with Crippen LogP contribution in [-0.4, -0.2) is 0 Å². The third-order valence-corrected chi connectivity index (χ3v) is 2.77. The molecule has 0 aromatic heterocycles. The summed E-state index contributed by atoms with van der Waals surface area (Å²) in [6, 6.07) is 0. The first kappa shape index (κ1) is 37.6. The van der Waals surface area contributed by atoms with E-state index >= 15 is 0 Å². The van der Waals surface area contributed by atoms with Gasteiger partial charge in [0.2, 0.25) is 0 Å². The minimum atomic E-state index is 0. The Bertz CT molecular complexity index is 94.6. The highest BCUT2D eigenvalue weighted by atomic mass is 14.0. The van der Waals surface area contributed by atoms with E-state index in [0.29, 0.717) is 0 Å². The molecular weight excluding hydrogens is 264 g/mol. The second-order valence-corrected chi connectivity index (χ2v) is 4.74. The molecule has 0 unspecified atom stereocenters. The SMILES string of the molecule is C.C=C.C=C.CC.CCCC(C)CCC.CCCCCCC. The Morgan fingerprint density at radius 2 is 0.864 bits per heavy atom. The van der Waals surface area contributed by atoms with Gasteiger partial charge in [0.1, 0.15) is 0 Å². The van der Waals surface area contributed by atoms with Crippen molar-refractivity contribution in [2.75, 3.05) is 0 Å². The van der Waals surface area contributed by atoms with E-state index in [9.17, 15) is 0 Å². The Hall–Kier alpha value is -0.520. The van der Waals surface area contributed by atoms with Crippen molar-refractivity contribution < 1.29 is 0 Å². The summed E-state index contributed by atoms with van der Waals surface area (Å²) < 4.78 is 0. The molecule has 0 aliphatic rings. The van der Waals surface area contributed by atoms with Crippen LogP contribution >= 0.6 is 0 Å². The van der Waals surface area contributed by atoms with Gasteiger partial charge in [-0.3, -0.25) is 0 Å². The van der Waals surface area contributed by atoms with Crippen LogP contribution in [0.4, 0.5) is 0 Å². The van der Waals surface area contributed by atoms with Gasteiger partial charge in [-0.2, -0.15) is 0 Å². The molecule has 0 heteroatoms. The Kier molecular flexibility index (Phi) is 101. The summed E-state index contributed by atoms with van der Waals surface area (Å²) in [7, 11) is 0. The molecule has 0 atom stereocenters. The van der Waals surface area contributed by atoms with Gasteiger partial charge >= 0.3 is 0 Å². The van der Waals surface area contributed by atoms with Gasteiger partial charge < -0.3 is 0 Å². The molecule has 0 aromatic carbocycles. The monoisotopic (exact) mass is 316 g/mol. The molecule has 0 aromatic rings. The van der Waals surface area contributed by atoms with E-state index in [2.05, 4.69) is 60.9 Å². The molecule has 0 amide bonds. The quantitative estimate of drug-likeness (QED) is 0.309. The maximum Gasteiger partial charge on any atom is -0.0443 e. The van der Waals surface area contributed by atoms with E-state index in [0.717, 1.165) is 5.92 Å². The van der Waals surface area contributed by atoms with Crippen LogP contribution < -0.4 is 0 Å². The van der Waals surface area contributed by atoms with Gasteiger partial charge in [0, 0.05) is 0 Å². The topological polar surface area (TPSA) is 0 Å². The number of hydrogen-bond donors (Lipinski definition) is 0. The van der Waals surface area contributed by atoms with Crippen molar-refractivity contribution in [2.24, 2.45) is 5.92 Å². The zero-order chi connectivity index (χ0) is 17.9. The third-order valence-electron chi connectivity index (χ3n) is 2.77. The lowest BCUT2D eigenvalue weighted by atomic mass is 10.0. The van der Waals surface area contributed by atoms with Crippen LogP contribution in [0.25, 0.3) is 0 Å². The van der Waals surface area contributed by atoms with Gasteiger partial charge in [-0.05, 0) is 5.92 Å². The molecule has 0 fully saturated rings. The zero-order valence-corrected chi connectivity index (χ0v) is 16.8. The van der Waals surface area contributed by atoms with E-state index in [1.54, 1.807) is 0 Å². The lowest BCUT2D eigenvalue weighted by Crippen LogP contribution is -1.91. The summed E-state index contributed by atoms with van der Waals surface area (Å²) in [5.74, 6) is 0.963. The van der Waals surface area contributed by atoms with Crippen molar-refractivity contribution in [3.8, 4) is 0 Å². The molecule has 22 heavy (non-hydrogen) atoms. The maximum atomic E-state index is 3.00. The molecule has 0 heterocycles. The first-order valence-corrected chi connectivity index (χ1v) is 9.22. The Morgan fingerprint density at radius 1 is 0.591 bits per heavy atom. The normalized spacial score (nSPS) is 7.45. The molecule has 0 aliphatic carbocycles. The van der Waals surface area contributed by atoms with Gasteiger partial charge in [0.25, 0.3) is 0 Å². The third kappa shape index (κ3) is 74.0. The van der Waals surface area contributed by atoms with Crippen LogP contribution in [0.15, 0.2) is 26.3 Å². The fourth-order valence-electron chi connectivity index (χ4n) is 1.81. The van der Waals surface area contributed by atoms with Gasteiger partial charge in [0.15, 0.2) is 0 Å². The largest absolute Gasteiger partial charge is 0.106 e. The molecule has 0 saturated heterocycles. The molecule has 0 aliphatic heterocycles. The summed E-state index contributed by atoms with van der Waals surface area (Å²) in [5.41, 5.74) is 0. The first-order chi connectivity index (χ1) is 10.2. The van der Waals surface area contributed by atoms with Crippen LogP contribution in [0, 0.1) is 5.92 Å². The molecule has 140 valence electrons. The van der Waals surface area contributed by atoms with Crippen LogP contribution in [-0.2, 0) is 0 Å². The van der Waals surface area contributed by atoms with Crippen molar-refractivity contribution >= 4 is 0 Å². The summed E-state index contributed by atoms with van der Waals surface area (Å²) in [6.45, 7) is 27.3. The fourth-order valence-corrected chi connectivity index (χ4v) is 1.81. The van der Waals surface area contributed by atoms with Gasteiger partial charge in [-0.25, -0.2) is 0 Å². The molecule has 0 bridgehead atoms. The predicted molar refractivity (Wildman–Crippen MR) is 114 cm³/mol. The maximum absolute atomic E-state index is 3.00. The van der Waals surface area contributed by atoms with Crippen molar-refractivity contribution in [3.63, 3.8) is 0 Å². The van der Waals surface area contributed by atoms with Crippen molar-refractivity contribution in [1.29, 1.82) is 0 Å². The van der Waals surface area contributed by atoms with E-state index in [1.165, 1.54) is 57.8 Å². The van der Waals surface area contributed by atoms with Gasteiger partial charge in [0.05, 0.1) is 0 Å². The van der Waals surface area contributed by atoms with Crippen LogP contribution in [0.1, 0.15) is 114 Å². The summed E-state index contributed by atoms with van der Waals surface area (Å²) >= 11 is 0. The van der Waals surface area contributed by atoms with Crippen LogP contribution in [0.5, 0.6) is 0 Å². The smallest absolute Gasteiger partial charge is 0.0443 e. The number of unbranched alkanes of at least 4 members (excludes halogenated alkanes) is 4. The molecule has 0 nitrogen and oxygen atoms in total. The number of hydrogen-bond acceptors (Lipinski definition) is 0. The Balaban J connectivity index is -0.0000000420. The Morgan fingerprint density at radius 3 is 1.05 bits per heavy atom. The highest BCUT2D eigenvalue weighted by Gasteiger charge is 1.95. The van der Waals surface area contributed by atoms with E-state index < -0.39 is 0 Å². The summed E-state index contributed by atoms with van der Waals surface area (Å²) in [5, 5.41) is 0. The Labute approximate surface area is 146 Å². The standard InChI is InChI=1S/C8H18.C7H16.C2H6.2C2H4.CH4/c1-4-6-8(3)7-5-2;1-3-5-7-6-4-2;3*1-2;/h8H,4-7H2,1-3H3;3-7H2,1-2H3;1-2H3;2*1-2H2;1H4. The molecule has 0 spiro atoms. The molecule has 0 rings (SSSR count). The average Bonchev–Trinajstić information content (AvgIpc) is 2.55. The summed E-state index contributed by atoms with van der Waals surface area (Å²) in [4.78, 5) is 0. The average molecular weight is 317 g/mol. The lowest BCUT2D eigenvalue weighted by Gasteiger charge is -2.05. The zero-order valence-electron chi connectivity index (χ0n) is 16.8. The minimum absolute atomic E-state index is 0. The van der Waals surface area contributed by atoms with E-state index in [1.807, 2.05) is 13.8 Å². The van der Waals surface area contributed by atoms with Gasteiger partial charge in [-0.1, -0.05) is 114 Å². The second-order valence-electron chi connectivity index (χ2n) is 4.74.